The molecular weight excluding hydrogens is 270 g/mol. The summed E-state index contributed by atoms with van der Waals surface area (Å²) in [4.78, 5) is 18.0. The Hall–Kier alpha value is -2.08. The maximum atomic E-state index is 11.5. The van der Waals surface area contributed by atoms with E-state index >= 15 is 0 Å². The van der Waals surface area contributed by atoms with E-state index in [9.17, 15) is 4.79 Å². The molecule has 1 unspecified atom stereocenters. The van der Waals surface area contributed by atoms with E-state index in [0.717, 1.165) is 19.4 Å². The Morgan fingerprint density at radius 1 is 1.57 bits per heavy atom. The van der Waals surface area contributed by atoms with Crippen molar-refractivity contribution in [3.8, 4) is 0 Å². The van der Waals surface area contributed by atoms with Crippen LogP contribution in [0, 0.1) is 0 Å². The number of nitrogens with zero attached hydrogens (tertiary/aromatic N) is 2. The van der Waals surface area contributed by atoms with Gasteiger partial charge in [0.2, 0.25) is 0 Å². The minimum absolute atomic E-state index is 0.273. The maximum absolute atomic E-state index is 11.5. The van der Waals surface area contributed by atoms with Crippen molar-refractivity contribution < 1.29 is 13.9 Å². The number of oxazole rings is 1. The van der Waals surface area contributed by atoms with Gasteiger partial charge in [-0.2, -0.15) is 4.98 Å². The molecular formula is C15H19N3O3. The molecule has 1 saturated heterocycles. The second kappa shape index (κ2) is 5.73. The number of carbonyl (C=O) groups excluding carboxylic acids is 1. The largest absolute Gasteiger partial charge is 0.423 e. The first-order valence-corrected chi connectivity index (χ1v) is 7.24. The van der Waals surface area contributed by atoms with E-state index in [4.69, 9.17) is 14.9 Å². The van der Waals surface area contributed by atoms with Gasteiger partial charge < -0.3 is 19.8 Å². The number of amides is 1. The number of rotatable bonds is 5. The van der Waals surface area contributed by atoms with Gasteiger partial charge in [0.15, 0.2) is 5.58 Å². The average molecular weight is 289 g/mol. The van der Waals surface area contributed by atoms with E-state index in [1.807, 2.05) is 6.92 Å². The number of hydrogen-bond acceptors (Lipinski definition) is 5. The topological polar surface area (TPSA) is 81.6 Å². The summed E-state index contributed by atoms with van der Waals surface area (Å²) in [6, 6.07) is 6.03. The Balaban J connectivity index is 1.93. The number of benzene rings is 1. The quantitative estimate of drug-likeness (QED) is 0.909. The van der Waals surface area contributed by atoms with Crippen LogP contribution in [0.5, 0.6) is 0 Å². The standard InChI is InChI=1S/C15H19N3O3/c1-2-20-9-10-5-4-8-18(10)15-17-13-11(14(16)19)6-3-7-12(13)21-15/h3,6-7,10H,2,4-5,8-9H2,1H3,(H2,16,19). The Morgan fingerprint density at radius 2 is 2.43 bits per heavy atom. The number of nitrogens with two attached hydrogens (primary N) is 1. The highest BCUT2D eigenvalue weighted by atomic mass is 16.5. The minimum atomic E-state index is -0.493. The van der Waals surface area contributed by atoms with Crippen molar-refractivity contribution in [2.45, 2.75) is 25.8 Å². The molecule has 0 bridgehead atoms. The number of ether oxygens (including phenoxy) is 1. The zero-order chi connectivity index (χ0) is 14.8. The number of hydrogen-bond donors (Lipinski definition) is 1. The summed E-state index contributed by atoms with van der Waals surface area (Å²) in [7, 11) is 0. The number of para-hydroxylation sites is 1. The van der Waals surface area contributed by atoms with Crippen LogP contribution < -0.4 is 10.6 Å². The van der Waals surface area contributed by atoms with Crippen LogP contribution >= 0.6 is 0 Å². The molecule has 1 aliphatic heterocycles. The van der Waals surface area contributed by atoms with Gasteiger partial charge >= 0.3 is 0 Å². The number of carbonyl (C=O) groups is 1. The van der Waals surface area contributed by atoms with Crippen LogP contribution in [-0.2, 0) is 4.74 Å². The van der Waals surface area contributed by atoms with Gasteiger partial charge in [0, 0.05) is 13.2 Å². The zero-order valence-electron chi connectivity index (χ0n) is 12.0. The summed E-state index contributed by atoms with van der Waals surface area (Å²) in [6.45, 7) is 4.23. The minimum Gasteiger partial charge on any atom is -0.423 e. The smallest absolute Gasteiger partial charge is 0.298 e. The van der Waals surface area contributed by atoms with E-state index in [0.29, 0.717) is 35.9 Å². The van der Waals surface area contributed by atoms with E-state index < -0.39 is 5.91 Å². The Labute approximate surface area is 122 Å². The predicted octanol–water partition coefficient (Wildman–Crippen LogP) is 1.93. The van der Waals surface area contributed by atoms with Crippen LogP contribution in [0.1, 0.15) is 30.1 Å². The lowest BCUT2D eigenvalue weighted by molar-refractivity contribution is 0.100. The van der Waals surface area contributed by atoms with Gasteiger partial charge in [-0.25, -0.2) is 0 Å². The predicted molar refractivity (Wildman–Crippen MR) is 79.4 cm³/mol. The molecule has 2 heterocycles. The van der Waals surface area contributed by atoms with E-state index in [1.54, 1.807) is 18.2 Å². The first-order valence-electron chi connectivity index (χ1n) is 7.24. The van der Waals surface area contributed by atoms with Crippen LogP contribution in [0.3, 0.4) is 0 Å². The van der Waals surface area contributed by atoms with Crippen molar-refractivity contribution in [1.29, 1.82) is 0 Å². The molecule has 1 aromatic carbocycles. The highest BCUT2D eigenvalue weighted by Crippen LogP contribution is 2.29. The fraction of sp³-hybridized carbons (Fsp3) is 0.467. The zero-order valence-corrected chi connectivity index (χ0v) is 12.0. The SMILES string of the molecule is CCOCC1CCCN1c1nc2c(C(N)=O)cccc2o1. The number of primary amides is 1. The van der Waals surface area contributed by atoms with E-state index in [-0.39, 0.29) is 6.04 Å². The van der Waals surface area contributed by atoms with Gasteiger partial charge in [-0.3, -0.25) is 4.79 Å². The average Bonchev–Trinajstić information content (AvgIpc) is 3.09. The lowest BCUT2D eigenvalue weighted by atomic mass is 10.2. The molecule has 3 rings (SSSR count). The fourth-order valence-electron chi connectivity index (χ4n) is 2.77. The lowest BCUT2D eigenvalue weighted by Crippen LogP contribution is -2.33. The summed E-state index contributed by atoms with van der Waals surface area (Å²) in [5.74, 6) is -0.493. The van der Waals surface area contributed by atoms with Crippen molar-refractivity contribution in [2.75, 3.05) is 24.7 Å². The third kappa shape index (κ3) is 2.58. The van der Waals surface area contributed by atoms with Crippen molar-refractivity contribution in [3.05, 3.63) is 23.8 Å². The molecule has 0 spiro atoms. The molecule has 0 aliphatic carbocycles. The van der Waals surface area contributed by atoms with Crippen LogP contribution in [0.4, 0.5) is 6.01 Å². The number of aromatic nitrogens is 1. The third-order valence-electron chi connectivity index (χ3n) is 3.81. The maximum Gasteiger partial charge on any atom is 0.298 e. The normalized spacial score (nSPS) is 18.5. The Bertz CT molecular complexity index is 653. The Kier molecular flexibility index (Phi) is 3.79. The first kappa shape index (κ1) is 13.9. The van der Waals surface area contributed by atoms with Crippen LogP contribution in [-0.4, -0.2) is 36.7 Å². The van der Waals surface area contributed by atoms with Crippen molar-refractivity contribution in [2.24, 2.45) is 5.73 Å². The molecule has 1 amide bonds. The Morgan fingerprint density at radius 3 is 3.19 bits per heavy atom. The highest BCUT2D eigenvalue weighted by molar-refractivity contribution is 6.03. The van der Waals surface area contributed by atoms with E-state index in [1.165, 1.54) is 0 Å². The highest BCUT2D eigenvalue weighted by Gasteiger charge is 2.29. The van der Waals surface area contributed by atoms with Crippen molar-refractivity contribution in [1.82, 2.24) is 4.98 Å². The summed E-state index contributed by atoms with van der Waals surface area (Å²) in [5, 5.41) is 0. The van der Waals surface area contributed by atoms with Gasteiger partial charge in [0.05, 0.1) is 18.2 Å². The van der Waals surface area contributed by atoms with Gasteiger partial charge in [-0.05, 0) is 31.9 Å². The second-order valence-corrected chi connectivity index (χ2v) is 5.16. The molecule has 1 aromatic heterocycles. The van der Waals surface area contributed by atoms with Gasteiger partial charge in [-0.15, -0.1) is 0 Å². The molecule has 112 valence electrons. The second-order valence-electron chi connectivity index (χ2n) is 5.16. The molecule has 2 aromatic rings. The molecule has 1 atom stereocenters. The third-order valence-corrected chi connectivity index (χ3v) is 3.81. The summed E-state index contributed by atoms with van der Waals surface area (Å²) < 4.78 is 11.3. The molecule has 6 nitrogen and oxygen atoms in total. The van der Waals surface area contributed by atoms with Gasteiger partial charge in [0.25, 0.3) is 11.9 Å². The summed E-state index contributed by atoms with van der Waals surface area (Å²) in [5.41, 5.74) is 6.89. The van der Waals surface area contributed by atoms with Crippen molar-refractivity contribution in [3.63, 3.8) is 0 Å². The van der Waals surface area contributed by atoms with Gasteiger partial charge in [0.1, 0.15) is 5.52 Å². The summed E-state index contributed by atoms with van der Waals surface area (Å²) >= 11 is 0. The van der Waals surface area contributed by atoms with Crippen LogP contribution in [0.15, 0.2) is 22.6 Å². The van der Waals surface area contributed by atoms with Crippen LogP contribution in [0.25, 0.3) is 11.1 Å². The van der Waals surface area contributed by atoms with Crippen LogP contribution in [0.2, 0.25) is 0 Å². The molecule has 1 aliphatic rings. The summed E-state index contributed by atoms with van der Waals surface area (Å²) in [6.07, 6.45) is 2.14. The number of anilines is 1. The molecule has 0 radical (unpaired) electrons. The van der Waals surface area contributed by atoms with Gasteiger partial charge in [-0.1, -0.05) is 6.07 Å². The first-order chi connectivity index (χ1) is 10.2. The fourth-order valence-corrected chi connectivity index (χ4v) is 2.77. The molecule has 2 N–H and O–H groups in total. The molecule has 1 fully saturated rings. The molecule has 21 heavy (non-hydrogen) atoms. The molecule has 6 heteroatoms. The lowest BCUT2D eigenvalue weighted by Gasteiger charge is -2.22. The number of fused-ring (bicyclic) bond motifs is 1. The monoisotopic (exact) mass is 289 g/mol. The molecule has 0 saturated carbocycles. The van der Waals surface area contributed by atoms with E-state index in [2.05, 4.69) is 9.88 Å². The van der Waals surface area contributed by atoms with Crippen molar-refractivity contribution >= 4 is 23.0 Å².